The van der Waals surface area contributed by atoms with Gasteiger partial charge in [0.1, 0.15) is 13.2 Å². The maximum atomic E-state index is 5.81. The van der Waals surface area contributed by atoms with Crippen LogP contribution in [-0.2, 0) is 6.54 Å². The van der Waals surface area contributed by atoms with Gasteiger partial charge in [-0.05, 0) is 73.7 Å². The zero-order valence-electron chi connectivity index (χ0n) is 17.7. The molecule has 0 spiro atoms. The molecular formula is C26H28N2O2. The van der Waals surface area contributed by atoms with Crippen molar-refractivity contribution in [3.05, 3.63) is 77.1 Å². The summed E-state index contributed by atoms with van der Waals surface area (Å²) >= 11 is 0. The lowest BCUT2D eigenvalue weighted by Gasteiger charge is -2.27. The average Bonchev–Trinajstić information content (AvgIpc) is 3.22. The van der Waals surface area contributed by atoms with E-state index in [-0.39, 0.29) is 0 Å². The Morgan fingerprint density at radius 3 is 2.67 bits per heavy atom. The Kier molecular flexibility index (Phi) is 5.17. The van der Waals surface area contributed by atoms with Crippen molar-refractivity contribution in [3.63, 3.8) is 0 Å². The van der Waals surface area contributed by atoms with Crippen molar-refractivity contribution >= 4 is 0 Å². The molecule has 0 saturated carbocycles. The van der Waals surface area contributed by atoms with E-state index in [0.29, 0.717) is 19.3 Å². The van der Waals surface area contributed by atoms with Crippen LogP contribution in [0.5, 0.6) is 11.5 Å². The SMILES string of the molecule is Cc1cc(CN2CCC[C@@H]2c2ccc3c(c2)OCCO3)ccc1-c1cccnc1C. The molecule has 30 heavy (non-hydrogen) atoms. The lowest BCUT2D eigenvalue weighted by atomic mass is 9.97. The lowest BCUT2D eigenvalue weighted by molar-refractivity contribution is 0.170. The molecule has 2 aromatic carbocycles. The minimum absolute atomic E-state index is 0.432. The van der Waals surface area contributed by atoms with E-state index in [0.717, 1.165) is 30.3 Å². The number of benzene rings is 2. The Bertz CT molecular complexity index is 1060. The molecule has 0 bridgehead atoms. The Morgan fingerprint density at radius 2 is 1.83 bits per heavy atom. The van der Waals surface area contributed by atoms with Crippen LogP contribution < -0.4 is 9.47 Å². The summed E-state index contributed by atoms with van der Waals surface area (Å²) < 4.78 is 11.5. The van der Waals surface area contributed by atoms with Gasteiger partial charge in [0.05, 0.1) is 0 Å². The Labute approximate surface area is 178 Å². The number of pyridine rings is 1. The molecule has 154 valence electrons. The average molecular weight is 401 g/mol. The maximum Gasteiger partial charge on any atom is 0.161 e. The van der Waals surface area contributed by atoms with Crippen molar-refractivity contribution in [2.45, 2.75) is 39.3 Å². The molecule has 0 amide bonds. The van der Waals surface area contributed by atoms with Crippen LogP contribution in [0.25, 0.3) is 11.1 Å². The van der Waals surface area contributed by atoms with Gasteiger partial charge in [0.15, 0.2) is 11.5 Å². The molecule has 1 aromatic heterocycles. The third-order valence-corrected chi connectivity index (χ3v) is 6.29. The third kappa shape index (κ3) is 3.68. The number of aromatic nitrogens is 1. The molecule has 3 heterocycles. The molecule has 4 nitrogen and oxygen atoms in total. The molecule has 1 atom stereocenters. The van der Waals surface area contributed by atoms with E-state index in [1.807, 2.05) is 12.3 Å². The van der Waals surface area contributed by atoms with Gasteiger partial charge in [-0.25, -0.2) is 0 Å². The van der Waals surface area contributed by atoms with Crippen molar-refractivity contribution in [1.82, 2.24) is 9.88 Å². The second-order valence-electron chi connectivity index (χ2n) is 8.32. The zero-order valence-corrected chi connectivity index (χ0v) is 17.7. The van der Waals surface area contributed by atoms with Crippen molar-refractivity contribution in [2.24, 2.45) is 0 Å². The summed E-state index contributed by atoms with van der Waals surface area (Å²) in [6, 6.07) is 17.9. The molecule has 0 N–H and O–H groups in total. The zero-order chi connectivity index (χ0) is 20.5. The molecule has 0 aliphatic carbocycles. The number of aryl methyl sites for hydroxylation is 2. The smallest absolute Gasteiger partial charge is 0.161 e. The van der Waals surface area contributed by atoms with Gasteiger partial charge in [-0.3, -0.25) is 9.88 Å². The van der Waals surface area contributed by atoms with Crippen LogP contribution >= 0.6 is 0 Å². The first-order valence-corrected chi connectivity index (χ1v) is 10.8. The van der Waals surface area contributed by atoms with Crippen LogP contribution in [0.2, 0.25) is 0 Å². The normalized spacial score (nSPS) is 18.5. The summed E-state index contributed by atoms with van der Waals surface area (Å²) in [6.45, 7) is 7.63. The van der Waals surface area contributed by atoms with Crippen LogP contribution in [0.3, 0.4) is 0 Å². The van der Waals surface area contributed by atoms with Gasteiger partial charge in [-0.2, -0.15) is 0 Å². The number of likely N-dealkylation sites (tertiary alicyclic amines) is 1. The molecule has 3 aromatic rings. The first-order valence-electron chi connectivity index (χ1n) is 10.8. The van der Waals surface area contributed by atoms with E-state index >= 15 is 0 Å². The maximum absolute atomic E-state index is 5.81. The molecule has 4 heteroatoms. The Hall–Kier alpha value is -2.85. The van der Waals surface area contributed by atoms with E-state index in [4.69, 9.17) is 9.47 Å². The minimum atomic E-state index is 0.432. The van der Waals surface area contributed by atoms with E-state index in [1.54, 1.807) is 0 Å². The van der Waals surface area contributed by atoms with Gasteiger partial charge in [-0.15, -0.1) is 0 Å². The second-order valence-corrected chi connectivity index (χ2v) is 8.32. The fourth-order valence-corrected chi connectivity index (χ4v) is 4.79. The van der Waals surface area contributed by atoms with Crippen LogP contribution in [0.4, 0.5) is 0 Å². The predicted octanol–water partition coefficient (Wildman–Crippen LogP) is 5.47. The second kappa shape index (κ2) is 8.11. The fourth-order valence-electron chi connectivity index (χ4n) is 4.79. The molecular weight excluding hydrogens is 372 g/mol. The predicted molar refractivity (Wildman–Crippen MR) is 119 cm³/mol. The number of rotatable bonds is 4. The van der Waals surface area contributed by atoms with E-state index in [9.17, 15) is 0 Å². The highest BCUT2D eigenvalue weighted by molar-refractivity contribution is 5.69. The van der Waals surface area contributed by atoms with Gasteiger partial charge in [0.2, 0.25) is 0 Å². The topological polar surface area (TPSA) is 34.6 Å². The standard InChI is InChI=1S/C26H28N2O2/c1-18-15-20(7-9-22(18)23-5-3-11-27-19(23)2)17-28-12-4-6-24(28)21-8-10-25-26(16-21)30-14-13-29-25/h3,5,7-11,15-16,24H,4,6,12-14,17H2,1-2H3/t24-/m1/s1. The third-order valence-electron chi connectivity index (χ3n) is 6.29. The summed E-state index contributed by atoms with van der Waals surface area (Å²) in [5, 5.41) is 0. The van der Waals surface area contributed by atoms with Crippen molar-refractivity contribution in [3.8, 4) is 22.6 Å². The van der Waals surface area contributed by atoms with Crippen molar-refractivity contribution < 1.29 is 9.47 Å². The van der Waals surface area contributed by atoms with Gasteiger partial charge < -0.3 is 9.47 Å². The summed E-state index contributed by atoms with van der Waals surface area (Å²) in [6.07, 6.45) is 4.27. The highest BCUT2D eigenvalue weighted by Crippen LogP contribution is 2.39. The fraction of sp³-hybridized carbons (Fsp3) is 0.346. The number of hydrogen-bond donors (Lipinski definition) is 0. The molecule has 1 fully saturated rings. The lowest BCUT2D eigenvalue weighted by Crippen LogP contribution is -2.23. The highest BCUT2D eigenvalue weighted by atomic mass is 16.6. The number of ether oxygens (including phenoxy) is 2. The monoisotopic (exact) mass is 400 g/mol. The molecule has 5 rings (SSSR count). The Morgan fingerprint density at radius 1 is 0.967 bits per heavy atom. The van der Waals surface area contributed by atoms with Crippen molar-refractivity contribution in [1.29, 1.82) is 0 Å². The first kappa shape index (κ1) is 19.1. The van der Waals surface area contributed by atoms with E-state index < -0.39 is 0 Å². The molecule has 0 radical (unpaired) electrons. The van der Waals surface area contributed by atoms with Gasteiger partial charge >= 0.3 is 0 Å². The van der Waals surface area contributed by atoms with Crippen LogP contribution in [0.1, 0.15) is 41.3 Å². The molecule has 1 saturated heterocycles. The Balaban J connectivity index is 1.36. The number of fused-ring (bicyclic) bond motifs is 1. The molecule has 0 unspecified atom stereocenters. The minimum Gasteiger partial charge on any atom is -0.486 e. The first-order chi connectivity index (χ1) is 14.7. The van der Waals surface area contributed by atoms with Gasteiger partial charge in [0.25, 0.3) is 0 Å². The van der Waals surface area contributed by atoms with Crippen LogP contribution in [0, 0.1) is 13.8 Å². The van der Waals surface area contributed by atoms with Crippen molar-refractivity contribution in [2.75, 3.05) is 19.8 Å². The van der Waals surface area contributed by atoms with Crippen LogP contribution in [-0.4, -0.2) is 29.6 Å². The highest BCUT2D eigenvalue weighted by Gasteiger charge is 2.27. The summed E-state index contributed by atoms with van der Waals surface area (Å²) in [5.41, 5.74) is 7.56. The quantitative estimate of drug-likeness (QED) is 0.581. The summed E-state index contributed by atoms with van der Waals surface area (Å²) in [5.74, 6) is 1.75. The molecule has 2 aliphatic rings. The van der Waals surface area contributed by atoms with Gasteiger partial charge in [0, 0.05) is 30.0 Å². The largest absolute Gasteiger partial charge is 0.486 e. The molecule has 2 aliphatic heterocycles. The van der Waals surface area contributed by atoms with Crippen LogP contribution in [0.15, 0.2) is 54.7 Å². The van der Waals surface area contributed by atoms with E-state index in [1.165, 1.54) is 40.7 Å². The number of hydrogen-bond acceptors (Lipinski definition) is 4. The van der Waals surface area contributed by atoms with Gasteiger partial charge in [-0.1, -0.05) is 30.3 Å². The number of nitrogens with zero attached hydrogens (tertiary/aromatic N) is 2. The summed E-state index contributed by atoms with van der Waals surface area (Å²) in [4.78, 5) is 7.04. The summed E-state index contributed by atoms with van der Waals surface area (Å²) in [7, 11) is 0. The van der Waals surface area contributed by atoms with E-state index in [2.05, 4.69) is 66.2 Å².